The predicted molar refractivity (Wildman–Crippen MR) is 74.5 cm³/mol. The average Bonchev–Trinajstić information content (AvgIpc) is 3.08. The van der Waals surface area contributed by atoms with E-state index in [4.69, 9.17) is 4.52 Å². The number of halogens is 2. The molecule has 1 atom stereocenters. The Hall–Kier alpha value is -2.31. The normalized spacial score (nSPS) is 18.5. The van der Waals surface area contributed by atoms with E-state index in [-0.39, 0.29) is 24.2 Å². The number of rotatable bonds is 3. The summed E-state index contributed by atoms with van der Waals surface area (Å²) < 4.78 is 31.5. The van der Waals surface area contributed by atoms with E-state index in [0.717, 1.165) is 12.1 Å². The number of hydrogen-bond donors (Lipinski definition) is 0. The molecule has 7 heteroatoms. The first kappa shape index (κ1) is 14.6. The first-order valence-corrected chi connectivity index (χ1v) is 7.04. The van der Waals surface area contributed by atoms with Crippen LogP contribution < -0.4 is 4.90 Å². The second kappa shape index (κ2) is 5.47. The number of carbonyl (C=O) groups excluding carboxylic acids is 1. The van der Waals surface area contributed by atoms with Crippen molar-refractivity contribution in [2.24, 2.45) is 0 Å². The van der Waals surface area contributed by atoms with Crippen molar-refractivity contribution in [1.82, 2.24) is 10.1 Å². The SMILES string of the molecule is CC(C)c1noc(C2CC(=O)N(c3ccc(F)c(F)c3)C2)n1. The van der Waals surface area contributed by atoms with Crippen molar-refractivity contribution in [2.45, 2.75) is 32.1 Å². The van der Waals surface area contributed by atoms with Gasteiger partial charge in [0.05, 0.1) is 5.92 Å². The molecule has 1 aromatic heterocycles. The molecule has 0 aliphatic carbocycles. The molecule has 0 N–H and O–H groups in total. The van der Waals surface area contributed by atoms with Gasteiger partial charge in [-0.1, -0.05) is 19.0 Å². The highest BCUT2D eigenvalue weighted by Crippen LogP contribution is 2.32. The molecule has 1 amide bonds. The van der Waals surface area contributed by atoms with Crippen LogP contribution in [0.4, 0.5) is 14.5 Å². The third kappa shape index (κ3) is 2.58. The predicted octanol–water partition coefficient (Wildman–Crippen LogP) is 2.99. The lowest BCUT2D eigenvalue weighted by Crippen LogP contribution is -2.24. The lowest BCUT2D eigenvalue weighted by molar-refractivity contribution is -0.117. The Kier molecular flexibility index (Phi) is 3.64. The van der Waals surface area contributed by atoms with Crippen molar-refractivity contribution >= 4 is 11.6 Å². The maximum Gasteiger partial charge on any atom is 0.232 e. The second-order valence-corrected chi connectivity index (χ2v) is 5.65. The van der Waals surface area contributed by atoms with Crippen LogP contribution in [-0.2, 0) is 4.79 Å². The van der Waals surface area contributed by atoms with E-state index in [1.165, 1.54) is 11.0 Å². The van der Waals surface area contributed by atoms with Gasteiger partial charge in [0.25, 0.3) is 0 Å². The van der Waals surface area contributed by atoms with Crippen LogP contribution in [-0.4, -0.2) is 22.6 Å². The van der Waals surface area contributed by atoms with Crippen molar-refractivity contribution in [3.05, 3.63) is 41.5 Å². The third-order valence-corrected chi connectivity index (χ3v) is 3.66. The number of amides is 1. The number of benzene rings is 1. The summed E-state index contributed by atoms with van der Waals surface area (Å²) >= 11 is 0. The number of aromatic nitrogens is 2. The van der Waals surface area contributed by atoms with Crippen LogP contribution in [0.2, 0.25) is 0 Å². The second-order valence-electron chi connectivity index (χ2n) is 5.65. The largest absolute Gasteiger partial charge is 0.339 e. The lowest BCUT2D eigenvalue weighted by Gasteiger charge is -2.16. The van der Waals surface area contributed by atoms with Crippen LogP contribution in [0, 0.1) is 11.6 Å². The average molecular weight is 307 g/mol. The molecule has 1 unspecified atom stereocenters. The minimum absolute atomic E-state index is 0.136. The molecule has 0 spiro atoms. The molecule has 1 aliphatic heterocycles. The number of carbonyl (C=O) groups is 1. The summed E-state index contributed by atoms with van der Waals surface area (Å²) in [4.78, 5) is 17.8. The Balaban J connectivity index is 1.81. The van der Waals surface area contributed by atoms with Gasteiger partial charge in [-0.05, 0) is 12.1 Å². The van der Waals surface area contributed by atoms with Gasteiger partial charge in [0.15, 0.2) is 17.5 Å². The van der Waals surface area contributed by atoms with E-state index in [1.54, 1.807) is 0 Å². The summed E-state index contributed by atoms with van der Waals surface area (Å²) in [7, 11) is 0. The fourth-order valence-corrected chi connectivity index (χ4v) is 2.42. The fraction of sp³-hybridized carbons (Fsp3) is 0.400. The highest BCUT2D eigenvalue weighted by atomic mass is 19.2. The molecule has 0 radical (unpaired) electrons. The minimum atomic E-state index is -0.978. The summed E-state index contributed by atoms with van der Waals surface area (Å²) in [5.74, 6) is -1.20. The maximum absolute atomic E-state index is 13.3. The molecule has 5 nitrogen and oxygen atoms in total. The Morgan fingerprint density at radius 1 is 1.32 bits per heavy atom. The van der Waals surface area contributed by atoms with Gasteiger partial charge in [0.2, 0.25) is 11.8 Å². The molecule has 2 heterocycles. The summed E-state index contributed by atoms with van der Waals surface area (Å²) in [5.41, 5.74) is 0.329. The maximum atomic E-state index is 13.3. The minimum Gasteiger partial charge on any atom is -0.339 e. The molecule has 3 rings (SSSR count). The van der Waals surface area contributed by atoms with Crippen LogP contribution in [0.5, 0.6) is 0 Å². The zero-order chi connectivity index (χ0) is 15.9. The van der Waals surface area contributed by atoms with E-state index in [2.05, 4.69) is 10.1 Å². The first-order valence-electron chi connectivity index (χ1n) is 7.04. The number of anilines is 1. The van der Waals surface area contributed by atoms with Crippen molar-refractivity contribution < 1.29 is 18.1 Å². The Labute approximate surface area is 125 Å². The quantitative estimate of drug-likeness (QED) is 0.874. The summed E-state index contributed by atoms with van der Waals surface area (Å²) in [6.07, 6.45) is 0.207. The fourth-order valence-electron chi connectivity index (χ4n) is 2.42. The summed E-state index contributed by atoms with van der Waals surface area (Å²) in [6, 6.07) is 3.41. The zero-order valence-electron chi connectivity index (χ0n) is 12.2. The molecule has 0 saturated carbocycles. The van der Waals surface area contributed by atoms with Gasteiger partial charge in [-0.2, -0.15) is 4.98 Å². The van der Waals surface area contributed by atoms with Gasteiger partial charge < -0.3 is 9.42 Å². The van der Waals surface area contributed by atoms with Crippen molar-refractivity contribution in [3.63, 3.8) is 0 Å². The van der Waals surface area contributed by atoms with Gasteiger partial charge in [-0.3, -0.25) is 4.79 Å². The molecule has 1 aromatic carbocycles. The molecular formula is C15H15F2N3O2. The van der Waals surface area contributed by atoms with Crippen LogP contribution in [0.1, 0.15) is 43.8 Å². The smallest absolute Gasteiger partial charge is 0.232 e. The number of hydrogen-bond acceptors (Lipinski definition) is 4. The van der Waals surface area contributed by atoms with Crippen molar-refractivity contribution in [3.8, 4) is 0 Å². The van der Waals surface area contributed by atoms with Crippen LogP contribution >= 0.6 is 0 Å². The lowest BCUT2D eigenvalue weighted by atomic mass is 10.1. The van der Waals surface area contributed by atoms with Crippen molar-refractivity contribution in [1.29, 1.82) is 0 Å². The van der Waals surface area contributed by atoms with Gasteiger partial charge >= 0.3 is 0 Å². The van der Waals surface area contributed by atoms with E-state index < -0.39 is 11.6 Å². The third-order valence-electron chi connectivity index (χ3n) is 3.66. The molecule has 1 saturated heterocycles. The molecule has 116 valence electrons. The molecule has 2 aromatic rings. The summed E-state index contributed by atoms with van der Waals surface area (Å²) in [6.45, 7) is 4.20. The van der Waals surface area contributed by atoms with Gasteiger partial charge in [-0.15, -0.1) is 0 Å². The standard InChI is InChI=1S/C15H15F2N3O2/c1-8(2)14-18-15(22-19-14)9-5-13(21)20(7-9)10-3-4-11(16)12(17)6-10/h3-4,6,8-9H,5,7H2,1-2H3. The highest BCUT2D eigenvalue weighted by molar-refractivity contribution is 5.96. The van der Waals surface area contributed by atoms with E-state index in [0.29, 0.717) is 23.9 Å². The van der Waals surface area contributed by atoms with Gasteiger partial charge in [0, 0.05) is 30.6 Å². The van der Waals surface area contributed by atoms with Crippen molar-refractivity contribution in [2.75, 3.05) is 11.4 Å². The van der Waals surface area contributed by atoms with E-state index in [9.17, 15) is 13.6 Å². The van der Waals surface area contributed by atoms with Crippen LogP contribution in [0.25, 0.3) is 0 Å². The zero-order valence-corrected chi connectivity index (χ0v) is 12.2. The topological polar surface area (TPSA) is 59.2 Å². The van der Waals surface area contributed by atoms with Crippen LogP contribution in [0.15, 0.2) is 22.7 Å². The Morgan fingerprint density at radius 2 is 2.09 bits per heavy atom. The van der Waals surface area contributed by atoms with Crippen LogP contribution in [0.3, 0.4) is 0 Å². The molecule has 0 bridgehead atoms. The van der Waals surface area contributed by atoms with Gasteiger partial charge in [-0.25, -0.2) is 8.78 Å². The van der Waals surface area contributed by atoms with E-state index in [1.807, 2.05) is 13.8 Å². The Bertz CT molecular complexity index is 715. The Morgan fingerprint density at radius 3 is 2.73 bits per heavy atom. The molecule has 1 aliphatic rings. The number of nitrogens with zero attached hydrogens (tertiary/aromatic N) is 3. The van der Waals surface area contributed by atoms with E-state index >= 15 is 0 Å². The highest BCUT2D eigenvalue weighted by Gasteiger charge is 2.35. The summed E-state index contributed by atoms with van der Waals surface area (Å²) in [5, 5.41) is 3.88. The molecule has 1 fully saturated rings. The monoisotopic (exact) mass is 307 g/mol. The molecular weight excluding hydrogens is 292 g/mol. The first-order chi connectivity index (χ1) is 10.5. The van der Waals surface area contributed by atoms with Gasteiger partial charge in [0.1, 0.15) is 0 Å². The molecule has 22 heavy (non-hydrogen) atoms.